The van der Waals surface area contributed by atoms with Gasteiger partial charge >= 0.3 is 11.9 Å². The smallest absolute Gasteiger partial charge is 0.347 e. The molecule has 1 heterocycles. The zero-order chi connectivity index (χ0) is 14.0. The molecule has 0 spiro atoms. The Balaban J connectivity index is 2.17. The summed E-state index contributed by atoms with van der Waals surface area (Å²) in [5.74, 6) is -0.597. The number of cyclic esters (lactones) is 2. The van der Waals surface area contributed by atoms with Crippen LogP contribution >= 0.6 is 0 Å². The van der Waals surface area contributed by atoms with Crippen LogP contribution in [0.3, 0.4) is 0 Å². The molecular formula is C15H18O4. The summed E-state index contributed by atoms with van der Waals surface area (Å²) in [5.41, 5.74) is 0.300. The van der Waals surface area contributed by atoms with Gasteiger partial charge in [-0.15, -0.1) is 0 Å². The van der Waals surface area contributed by atoms with E-state index in [1.807, 2.05) is 13.8 Å². The van der Waals surface area contributed by atoms with E-state index in [-0.39, 0.29) is 11.2 Å². The zero-order valence-electron chi connectivity index (χ0n) is 11.5. The van der Waals surface area contributed by atoms with Crippen molar-refractivity contribution in [3.8, 4) is 5.75 Å². The fourth-order valence-electron chi connectivity index (χ4n) is 2.10. The third-order valence-corrected chi connectivity index (χ3v) is 3.14. The van der Waals surface area contributed by atoms with Gasteiger partial charge in [0, 0.05) is 0 Å². The van der Waals surface area contributed by atoms with Gasteiger partial charge in [-0.25, -0.2) is 9.59 Å². The molecule has 19 heavy (non-hydrogen) atoms. The largest absolute Gasteiger partial charge is 0.488 e. The summed E-state index contributed by atoms with van der Waals surface area (Å²) in [6.45, 7) is 6.16. The van der Waals surface area contributed by atoms with Gasteiger partial charge < -0.3 is 9.47 Å². The highest BCUT2D eigenvalue weighted by Crippen LogP contribution is 2.28. The van der Waals surface area contributed by atoms with Crippen LogP contribution in [0, 0.1) is 0 Å². The first-order valence-electron chi connectivity index (χ1n) is 6.52. The lowest BCUT2D eigenvalue weighted by molar-refractivity contribution is 0.0443. The number of rotatable bonds is 5. The van der Waals surface area contributed by atoms with E-state index >= 15 is 0 Å². The second kappa shape index (κ2) is 5.03. The average molecular weight is 262 g/mol. The van der Waals surface area contributed by atoms with E-state index < -0.39 is 11.9 Å². The Labute approximate surface area is 112 Å². The van der Waals surface area contributed by atoms with Crippen molar-refractivity contribution in [1.82, 2.24) is 0 Å². The van der Waals surface area contributed by atoms with Crippen molar-refractivity contribution in [3.63, 3.8) is 0 Å². The quantitative estimate of drug-likeness (QED) is 0.603. The number of carbonyl (C=O) groups excluding carboxylic acids is 2. The number of hydrogen-bond donors (Lipinski definition) is 0. The molecule has 2 rings (SSSR count). The summed E-state index contributed by atoms with van der Waals surface area (Å²) in [7, 11) is 0. The number of carbonyl (C=O) groups is 2. The molecule has 0 radical (unpaired) electrons. The van der Waals surface area contributed by atoms with Crippen LogP contribution in [0.15, 0.2) is 18.2 Å². The highest BCUT2D eigenvalue weighted by Gasteiger charge is 2.30. The molecule has 4 nitrogen and oxygen atoms in total. The molecule has 0 aromatic heterocycles. The number of hydrogen-bond acceptors (Lipinski definition) is 4. The van der Waals surface area contributed by atoms with Crippen LogP contribution in [0.4, 0.5) is 0 Å². The molecule has 0 fully saturated rings. The number of unbranched alkanes of at least 4 members (excludes halogenated alkanes) is 1. The minimum absolute atomic E-state index is 0.286. The Morgan fingerprint density at radius 3 is 2.53 bits per heavy atom. The molecule has 0 bridgehead atoms. The predicted molar refractivity (Wildman–Crippen MR) is 70.4 cm³/mol. The van der Waals surface area contributed by atoms with Crippen LogP contribution in [0.2, 0.25) is 0 Å². The molecule has 0 saturated heterocycles. The second-order valence-corrected chi connectivity index (χ2v) is 5.35. The summed E-state index contributed by atoms with van der Waals surface area (Å²) in [6, 6.07) is 4.86. The van der Waals surface area contributed by atoms with Gasteiger partial charge in [0.05, 0.1) is 11.1 Å². The molecule has 1 aliphatic rings. The van der Waals surface area contributed by atoms with Crippen LogP contribution < -0.4 is 4.74 Å². The minimum Gasteiger partial charge on any atom is -0.488 e. The maximum atomic E-state index is 11.5. The lowest BCUT2D eigenvalue weighted by atomic mass is 10.0. The van der Waals surface area contributed by atoms with Crippen molar-refractivity contribution in [2.75, 3.05) is 0 Å². The maximum Gasteiger partial charge on any atom is 0.347 e. The van der Waals surface area contributed by atoms with Crippen LogP contribution in [0.5, 0.6) is 5.75 Å². The van der Waals surface area contributed by atoms with Crippen LogP contribution in [0.25, 0.3) is 0 Å². The van der Waals surface area contributed by atoms with Crippen LogP contribution in [0.1, 0.15) is 60.7 Å². The van der Waals surface area contributed by atoms with Crippen molar-refractivity contribution in [3.05, 3.63) is 29.3 Å². The van der Waals surface area contributed by atoms with Crippen molar-refractivity contribution >= 4 is 11.9 Å². The summed E-state index contributed by atoms with van der Waals surface area (Å²) < 4.78 is 10.4. The molecule has 0 saturated carbocycles. The third-order valence-electron chi connectivity index (χ3n) is 3.14. The van der Waals surface area contributed by atoms with Crippen molar-refractivity contribution in [2.24, 2.45) is 0 Å². The van der Waals surface area contributed by atoms with E-state index in [0.717, 1.165) is 19.3 Å². The van der Waals surface area contributed by atoms with E-state index in [2.05, 4.69) is 11.7 Å². The Bertz CT molecular complexity index is 517. The first-order valence-corrected chi connectivity index (χ1v) is 6.52. The molecule has 0 atom stereocenters. The molecule has 1 aromatic carbocycles. The Morgan fingerprint density at radius 2 is 1.84 bits per heavy atom. The molecular weight excluding hydrogens is 244 g/mol. The highest BCUT2D eigenvalue weighted by atomic mass is 16.6. The topological polar surface area (TPSA) is 52.6 Å². The van der Waals surface area contributed by atoms with Crippen LogP contribution in [-0.4, -0.2) is 17.5 Å². The molecule has 1 aliphatic heterocycles. The fourth-order valence-corrected chi connectivity index (χ4v) is 2.10. The molecule has 102 valence electrons. The summed E-state index contributed by atoms with van der Waals surface area (Å²) in [5, 5.41) is 0. The van der Waals surface area contributed by atoms with Gasteiger partial charge in [0.1, 0.15) is 11.4 Å². The molecule has 0 amide bonds. The summed E-state index contributed by atoms with van der Waals surface area (Å²) >= 11 is 0. The standard InChI is InChI=1S/C15H18O4/c1-4-5-8-15(2,3)19-10-6-7-11-12(9-10)14(17)18-13(11)16/h6-7,9H,4-5,8H2,1-3H3. The number of esters is 2. The number of ether oxygens (including phenoxy) is 2. The lowest BCUT2D eigenvalue weighted by Crippen LogP contribution is -2.28. The SMILES string of the molecule is CCCCC(C)(C)Oc1ccc2c(c1)C(=O)OC2=O. The molecule has 0 unspecified atom stereocenters. The summed E-state index contributed by atoms with van der Waals surface area (Å²) in [4.78, 5) is 22.8. The summed E-state index contributed by atoms with van der Waals surface area (Å²) in [6.07, 6.45) is 3.13. The van der Waals surface area contributed by atoms with E-state index in [9.17, 15) is 9.59 Å². The minimum atomic E-state index is -0.600. The van der Waals surface area contributed by atoms with E-state index in [0.29, 0.717) is 11.3 Å². The first kappa shape index (κ1) is 13.6. The van der Waals surface area contributed by atoms with E-state index in [4.69, 9.17) is 4.74 Å². The van der Waals surface area contributed by atoms with Crippen LogP contribution in [-0.2, 0) is 4.74 Å². The maximum absolute atomic E-state index is 11.5. The Kier molecular flexibility index (Phi) is 3.60. The Hall–Kier alpha value is -1.84. The van der Waals surface area contributed by atoms with Crippen molar-refractivity contribution in [2.45, 2.75) is 45.6 Å². The van der Waals surface area contributed by atoms with Gasteiger partial charge in [-0.3, -0.25) is 0 Å². The van der Waals surface area contributed by atoms with Gasteiger partial charge in [0.15, 0.2) is 0 Å². The number of benzene rings is 1. The van der Waals surface area contributed by atoms with E-state index in [1.165, 1.54) is 0 Å². The van der Waals surface area contributed by atoms with Crippen molar-refractivity contribution < 1.29 is 19.1 Å². The average Bonchev–Trinajstić information content (AvgIpc) is 2.62. The first-order chi connectivity index (χ1) is 8.93. The van der Waals surface area contributed by atoms with Gasteiger partial charge in [-0.05, 0) is 44.9 Å². The number of fused-ring (bicyclic) bond motifs is 1. The monoisotopic (exact) mass is 262 g/mol. The van der Waals surface area contributed by atoms with Gasteiger partial charge in [0.2, 0.25) is 0 Å². The second-order valence-electron chi connectivity index (χ2n) is 5.35. The third kappa shape index (κ3) is 2.95. The van der Waals surface area contributed by atoms with Crippen molar-refractivity contribution in [1.29, 1.82) is 0 Å². The van der Waals surface area contributed by atoms with Gasteiger partial charge in [-0.2, -0.15) is 0 Å². The van der Waals surface area contributed by atoms with Gasteiger partial charge in [0.25, 0.3) is 0 Å². The molecule has 0 N–H and O–H groups in total. The molecule has 0 aliphatic carbocycles. The predicted octanol–water partition coefficient (Wildman–Crippen LogP) is 3.34. The zero-order valence-corrected chi connectivity index (χ0v) is 11.5. The lowest BCUT2D eigenvalue weighted by Gasteiger charge is -2.26. The molecule has 1 aromatic rings. The highest BCUT2D eigenvalue weighted by molar-refractivity contribution is 6.14. The Morgan fingerprint density at radius 1 is 1.16 bits per heavy atom. The van der Waals surface area contributed by atoms with Gasteiger partial charge in [-0.1, -0.05) is 13.3 Å². The molecule has 4 heteroatoms. The normalized spacial score (nSPS) is 14.3. The fraction of sp³-hybridized carbons (Fsp3) is 0.467. The van der Waals surface area contributed by atoms with E-state index in [1.54, 1.807) is 18.2 Å².